The predicted octanol–water partition coefficient (Wildman–Crippen LogP) is 2.08. The van der Waals surface area contributed by atoms with Gasteiger partial charge in [-0.05, 0) is 25.3 Å². The van der Waals surface area contributed by atoms with E-state index < -0.39 is 26.4 Å². The maximum Gasteiger partial charge on any atom is 0.170 e. The Labute approximate surface area is 115 Å². The molecule has 0 aliphatic rings. The Bertz CT molecular complexity index is 560. The third-order valence-electron chi connectivity index (χ3n) is 2.55. The van der Waals surface area contributed by atoms with Crippen LogP contribution in [-0.4, -0.2) is 18.9 Å². The first-order valence-electron chi connectivity index (χ1n) is 5.01. The van der Waals surface area contributed by atoms with Gasteiger partial charge in [-0.3, -0.25) is 4.72 Å². The van der Waals surface area contributed by atoms with E-state index in [9.17, 15) is 12.8 Å². The summed E-state index contributed by atoms with van der Waals surface area (Å²) in [5.74, 6) is -0.856. The van der Waals surface area contributed by atoms with Crippen molar-refractivity contribution in [2.24, 2.45) is 0 Å². The van der Waals surface area contributed by atoms with Crippen molar-refractivity contribution in [2.45, 2.75) is 24.6 Å². The first kappa shape index (κ1) is 15.4. The molecule has 1 atom stereocenters. The Kier molecular flexibility index (Phi) is 4.78. The summed E-state index contributed by atoms with van der Waals surface area (Å²) in [4.78, 5) is 0.266. The van der Waals surface area contributed by atoms with Crippen LogP contribution < -0.4 is 4.72 Å². The van der Waals surface area contributed by atoms with Gasteiger partial charge in [0, 0.05) is 0 Å². The summed E-state index contributed by atoms with van der Waals surface area (Å²) in [5, 5.41) is 10.4. The smallest absolute Gasteiger partial charge is 0.170 e. The Balaban J connectivity index is 3.03. The highest BCUT2D eigenvalue weighted by Crippen LogP contribution is 2.28. The minimum Gasteiger partial charge on any atom is -0.257 e. The van der Waals surface area contributed by atoms with E-state index in [-0.39, 0.29) is 10.6 Å². The largest absolute Gasteiger partial charge is 0.257 e. The van der Waals surface area contributed by atoms with Gasteiger partial charge >= 0.3 is 0 Å². The molecule has 8 heteroatoms. The molecular formula is C10H13FN2O2S3. The highest BCUT2D eigenvalue weighted by molar-refractivity contribution is 7.93. The average Bonchev–Trinajstić information content (AvgIpc) is 2.72. The van der Waals surface area contributed by atoms with Gasteiger partial charge in [-0.2, -0.15) is 5.26 Å². The molecule has 1 heterocycles. The Morgan fingerprint density at radius 3 is 2.67 bits per heavy atom. The molecule has 0 radical (unpaired) electrons. The molecule has 18 heavy (non-hydrogen) atoms. The van der Waals surface area contributed by atoms with Crippen molar-refractivity contribution in [3.05, 3.63) is 22.1 Å². The first-order chi connectivity index (χ1) is 8.25. The summed E-state index contributed by atoms with van der Waals surface area (Å²) in [6.45, 7) is 2.64. The van der Waals surface area contributed by atoms with Gasteiger partial charge in [-0.1, -0.05) is 12.8 Å². The summed E-state index contributed by atoms with van der Waals surface area (Å²) >= 11 is 4.94. The third kappa shape index (κ3) is 3.03. The van der Waals surface area contributed by atoms with Crippen molar-refractivity contribution in [3.63, 3.8) is 0 Å². The number of hydrogen-bond donors (Lipinski definition) is 2. The van der Waals surface area contributed by atoms with E-state index in [0.29, 0.717) is 0 Å². The molecule has 0 aliphatic carbocycles. The van der Waals surface area contributed by atoms with E-state index >= 15 is 0 Å². The van der Waals surface area contributed by atoms with Gasteiger partial charge in [0.05, 0.1) is 22.7 Å². The van der Waals surface area contributed by atoms with Gasteiger partial charge < -0.3 is 0 Å². The molecule has 0 spiro atoms. The second kappa shape index (κ2) is 5.57. The van der Waals surface area contributed by atoms with E-state index in [1.165, 1.54) is 25.3 Å². The SMILES string of the molecule is CC(C)(C#N)S(=O)(=O)CC(NS)c1sccc1F. The number of nitrogens with one attached hydrogen (secondary N) is 1. The van der Waals surface area contributed by atoms with E-state index in [2.05, 4.69) is 17.5 Å². The van der Waals surface area contributed by atoms with Gasteiger partial charge in [0.1, 0.15) is 5.82 Å². The maximum absolute atomic E-state index is 13.4. The lowest BCUT2D eigenvalue weighted by Crippen LogP contribution is -2.36. The molecule has 0 amide bonds. The van der Waals surface area contributed by atoms with E-state index in [1.54, 1.807) is 6.07 Å². The Morgan fingerprint density at radius 1 is 1.67 bits per heavy atom. The third-order valence-corrected chi connectivity index (χ3v) is 6.29. The van der Waals surface area contributed by atoms with Crippen LogP contribution >= 0.6 is 24.2 Å². The summed E-state index contributed by atoms with van der Waals surface area (Å²) in [7, 11) is -3.70. The van der Waals surface area contributed by atoms with Gasteiger partial charge in [-0.15, -0.1) is 11.3 Å². The minimum absolute atomic E-state index is 0.266. The number of rotatable bonds is 5. The van der Waals surface area contributed by atoms with Crippen molar-refractivity contribution in [1.29, 1.82) is 5.26 Å². The zero-order valence-electron chi connectivity index (χ0n) is 9.84. The Hall–Kier alpha value is -0.620. The summed E-state index contributed by atoms with van der Waals surface area (Å²) in [5.41, 5.74) is 0. The molecule has 1 aromatic rings. The summed E-state index contributed by atoms with van der Waals surface area (Å²) in [6, 6.07) is 2.23. The van der Waals surface area contributed by atoms with Crippen molar-refractivity contribution >= 4 is 34.0 Å². The fourth-order valence-corrected chi connectivity index (χ4v) is 3.83. The first-order valence-corrected chi connectivity index (χ1v) is 7.99. The fraction of sp³-hybridized carbons (Fsp3) is 0.500. The molecule has 4 nitrogen and oxygen atoms in total. The van der Waals surface area contributed by atoms with Crippen LogP contribution in [0.1, 0.15) is 24.8 Å². The molecule has 1 rings (SSSR count). The van der Waals surface area contributed by atoms with Crippen LogP contribution in [0.15, 0.2) is 11.4 Å². The summed E-state index contributed by atoms with van der Waals surface area (Å²) in [6.07, 6.45) is 0. The van der Waals surface area contributed by atoms with Crippen molar-refractivity contribution in [2.75, 3.05) is 5.75 Å². The van der Waals surface area contributed by atoms with Crippen LogP contribution in [0.25, 0.3) is 0 Å². The van der Waals surface area contributed by atoms with E-state index in [4.69, 9.17) is 5.26 Å². The fourth-order valence-electron chi connectivity index (χ4n) is 1.22. The number of halogens is 1. The van der Waals surface area contributed by atoms with Crippen LogP contribution in [-0.2, 0) is 9.84 Å². The molecule has 0 saturated carbocycles. The van der Waals surface area contributed by atoms with Crippen LogP contribution in [0.4, 0.5) is 4.39 Å². The molecule has 0 aromatic carbocycles. The lowest BCUT2D eigenvalue weighted by atomic mass is 10.2. The molecule has 1 N–H and O–H groups in total. The normalized spacial score (nSPS) is 14.2. The Morgan fingerprint density at radius 2 is 2.28 bits per heavy atom. The number of thiol groups is 1. The minimum atomic E-state index is -3.70. The molecule has 1 unspecified atom stereocenters. The van der Waals surface area contributed by atoms with Crippen LogP contribution in [0.3, 0.4) is 0 Å². The zero-order valence-corrected chi connectivity index (χ0v) is 12.4. The maximum atomic E-state index is 13.4. The molecular weight excluding hydrogens is 295 g/mol. The molecule has 0 saturated heterocycles. The zero-order chi connectivity index (χ0) is 14.0. The average molecular weight is 308 g/mol. The number of sulfone groups is 1. The second-order valence-corrected chi connectivity index (χ2v) is 8.01. The predicted molar refractivity (Wildman–Crippen MR) is 72.6 cm³/mol. The number of nitrogens with zero attached hydrogens (tertiary/aromatic N) is 1. The highest BCUT2D eigenvalue weighted by atomic mass is 32.2. The van der Waals surface area contributed by atoms with Gasteiger partial charge in [0.25, 0.3) is 0 Å². The van der Waals surface area contributed by atoms with Crippen LogP contribution in [0.2, 0.25) is 0 Å². The van der Waals surface area contributed by atoms with Crippen LogP contribution in [0.5, 0.6) is 0 Å². The summed E-state index contributed by atoms with van der Waals surface area (Å²) < 4.78 is 38.5. The van der Waals surface area contributed by atoms with Crippen LogP contribution in [0, 0.1) is 17.1 Å². The van der Waals surface area contributed by atoms with E-state index in [1.807, 2.05) is 0 Å². The monoisotopic (exact) mass is 308 g/mol. The molecule has 0 aliphatic heterocycles. The van der Waals surface area contributed by atoms with E-state index in [0.717, 1.165) is 11.3 Å². The number of thiophene rings is 1. The molecule has 100 valence electrons. The number of hydrogen-bond acceptors (Lipinski definition) is 6. The topological polar surface area (TPSA) is 70.0 Å². The standard InChI is InChI=1S/C10H13FN2O2S3/c1-10(2,6-12)18(14,15)5-8(13-16)9-7(11)3-4-17-9/h3-4,8,13,16H,5H2,1-2H3. The number of nitriles is 1. The molecule has 0 fully saturated rings. The molecule has 0 bridgehead atoms. The molecule has 1 aromatic heterocycles. The van der Waals surface area contributed by atoms with Gasteiger partial charge in [-0.25, -0.2) is 12.8 Å². The second-order valence-electron chi connectivity index (χ2n) is 4.22. The highest BCUT2D eigenvalue weighted by Gasteiger charge is 2.37. The quantitative estimate of drug-likeness (QED) is 0.817. The lowest BCUT2D eigenvalue weighted by Gasteiger charge is -2.20. The van der Waals surface area contributed by atoms with Crippen molar-refractivity contribution in [3.8, 4) is 6.07 Å². The van der Waals surface area contributed by atoms with Gasteiger partial charge in [0.15, 0.2) is 14.6 Å². The van der Waals surface area contributed by atoms with Crippen molar-refractivity contribution in [1.82, 2.24) is 4.72 Å². The van der Waals surface area contributed by atoms with Gasteiger partial charge in [0.2, 0.25) is 0 Å². The lowest BCUT2D eigenvalue weighted by molar-refractivity contribution is 0.558. The van der Waals surface area contributed by atoms with Crippen molar-refractivity contribution < 1.29 is 12.8 Å².